The number of anilines is 1. The largest absolute Gasteiger partial charge is 0.345 e. The lowest BCUT2D eigenvalue weighted by molar-refractivity contribution is 0.0936. The molecule has 3 N–H and O–H groups in total. The van der Waals surface area contributed by atoms with Crippen LogP contribution < -0.4 is 16.0 Å². The Kier molecular flexibility index (Phi) is 6.15. The van der Waals surface area contributed by atoms with Gasteiger partial charge in [0.25, 0.3) is 5.91 Å². The molecular weight excluding hydrogens is 424 g/mol. The predicted molar refractivity (Wildman–Crippen MR) is 136 cm³/mol. The zero-order valence-corrected chi connectivity index (χ0v) is 19.3. The fourth-order valence-corrected chi connectivity index (χ4v) is 4.72. The Hall–Kier alpha value is -3.89. The van der Waals surface area contributed by atoms with Gasteiger partial charge in [0, 0.05) is 25.7 Å². The molecule has 0 aliphatic carbocycles. The second-order valence-electron chi connectivity index (χ2n) is 8.67. The number of nitrogens with two attached hydrogens (primary N) is 1. The van der Waals surface area contributed by atoms with Crippen LogP contribution in [0, 0.1) is 11.8 Å². The average Bonchev–Trinajstić information content (AvgIpc) is 3.30. The van der Waals surface area contributed by atoms with Crippen molar-refractivity contribution in [2.45, 2.75) is 38.9 Å². The van der Waals surface area contributed by atoms with Crippen molar-refractivity contribution in [1.29, 1.82) is 0 Å². The SMILES string of the molecule is CC#CCn1c(C(=O)NCc2cc3ccccc3c3ccccc23)nnc1N1CCCC(N)C1. The van der Waals surface area contributed by atoms with Crippen LogP contribution in [0.15, 0.2) is 54.6 Å². The molecule has 0 spiro atoms. The molecule has 172 valence electrons. The van der Waals surface area contributed by atoms with Crippen LogP contribution in [-0.4, -0.2) is 39.8 Å². The molecule has 1 aromatic heterocycles. The first-order valence-corrected chi connectivity index (χ1v) is 11.7. The minimum absolute atomic E-state index is 0.0922. The van der Waals surface area contributed by atoms with E-state index < -0.39 is 0 Å². The van der Waals surface area contributed by atoms with Crippen LogP contribution in [0.4, 0.5) is 5.95 Å². The van der Waals surface area contributed by atoms with Gasteiger partial charge in [-0.15, -0.1) is 16.1 Å². The topological polar surface area (TPSA) is 89.1 Å². The highest BCUT2D eigenvalue weighted by Gasteiger charge is 2.25. The van der Waals surface area contributed by atoms with Gasteiger partial charge in [0.15, 0.2) is 0 Å². The molecule has 1 aliphatic heterocycles. The summed E-state index contributed by atoms with van der Waals surface area (Å²) < 4.78 is 1.79. The molecule has 1 fully saturated rings. The van der Waals surface area contributed by atoms with E-state index in [1.807, 2.05) is 18.2 Å². The number of amides is 1. The number of fused-ring (bicyclic) bond motifs is 3. The summed E-state index contributed by atoms with van der Waals surface area (Å²) in [5.41, 5.74) is 7.23. The van der Waals surface area contributed by atoms with Crippen molar-refractivity contribution in [3.8, 4) is 11.8 Å². The Labute approximate surface area is 198 Å². The number of aromatic nitrogens is 3. The molecule has 7 heteroatoms. The monoisotopic (exact) mass is 452 g/mol. The third-order valence-corrected chi connectivity index (χ3v) is 6.38. The van der Waals surface area contributed by atoms with Gasteiger partial charge in [-0.25, -0.2) is 0 Å². The number of rotatable bonds is 5. The number of carbonyl (C=O) groups is 1. The number of nitrogens with one attached hydrogen (secondary N) is 1. The number of piperidine rings is 1. The summed E-state index contributed by atoms with van der Waals surface area (Å²) in [5.74, 6) is 6.60. The number of hydrogen-bond acceptors (Lipinski definition) is 5. The first kappa shape index (κ1) is 21.9. The molecule has 0 radical (unpaired) electrons. The average molecular weight is 453 g/mol. The fourth-order valence-electron chi connectivity index (χ4n) is 4.72. The van der Waals surface area contributed by atoms with Crippen LogP contribution in [-0.2, 0) is 13.1 Å². The molecule has 1 saturated heterocycles. The van der Waals surface area contributed by atoms with Gasteiger partial charge in [0.05, 0.1) is 6.54 Å². The van der Waals surface area contributed by atoms with Crippen LogP contribution in [0.2, 0.25) is 0 Å². The molecule has 0 bridgehead atoms. The lowest BCUT2D eigenvalue weighted by atomic mass is 9.97. The fraction of sp³-hybridized carbons (Fsp3) is 0.296. The van der Waals surface area contributed by atoms with E-state index in [4.69, 9.17) is 5.73 Å². The van der Waals surface area contributed by atoms with E-state index in [1.165, 1.54) is 10.8 Å². The molecule has 4 aromatic rings. The summed E-state index contributed by atoms with van der Waals surface area (Å²) in [5, 5.41) is 16.3. The maximum atomic E-state index is 13.2. The third kappa shape index (κ3) is 4.20. The van der Waals surface area contributed by atoms with E-state index in [-0.39, 0.29) is 17.8 Å². The number of hydrogen-bond donors (Lipinski definition) is 2. The normalized spacial score (nSPS) is 15.8. The molecule has 7 nitrogen and oxygen atoms in total. The van der Waals surface area contributed by atoms with Gasteiger partial charge in [-0.1, -0.05) is 54.5 Å². The summed E-state index contributed by atoms with van der Waals surface area (Å²) in [6, 6.07) is 18.8. The standard InChI is InChI=1S/C27H28N6O/c1-2-3-15-33-25(30-31-27(33)32-14-8-10-21(28)18-32)26(34)29-17-20-16-19-9-4-5-11-22(19)24-13-7-6-12-23(20)24/h4-7,9,11-13,16,21H,8,10,14-15,17-18,28H2,1H3,(H,29,34). The summed E-state index contributed by atoms with van der Waals surface area (Å²) in [7, 11) is 0. The van der Waals surface area contributed by atoms with Crippen molar-refractivity contribution in [3.05, 3.63) is 66.0 Å². The summed E-state index contributed by atoms with van der Waals surface area (Å²) in [6.07, 6.45) is 1.98. The molecule has 1 unspecified atom stereocenters. The van der Waals surface area contributed by atoms with Crippen LogP contribution >= 0.6 is 0 Å². The highest BCUT2D eigenvalue weighted by molar-refractivity contribution is 6.09. The van der Waals surface area contributed by atoms with E-state index in [1.54, 1.807) is 11.5 Å². The molecular formula is C27H28N6O. The van der Waals surface area contributed by atoms with Crippen LogP contribution in [0.25, 0.3) is 21.5 Å². The number of benzene rings is 3. The minimum atomic E-state index is -0.268. The molecule has 2 heterocycles. The van der Waals surface area contributed by atoms with Gasteiger partial charge in [0.2, 0.25) is 11.8 Å². The minimum Gasteiger partial charge on any atom is -0.345 e. The molecule has 1 amide bonds. The summed E-state index contributed by atoms with van der Waals surface area (Å²) in [6.45, 7) is 4.07. The van der Waals surface area contributed by atoms with Gasteiger partial charge < -0.3 is 16.0 Å². The Morgan fingerprint density at radius 1 is 1.12 bits per heavy atom. The quantitative estimate of drug-likeness (QED) is 0.358. The number of nitrogens with zero attached hydrogens (tertiary/aromatic N) is 4. The lowest BCUT2D eigenvalue weighted by Gasteiger charge is -2.31. The highest BCUT2D eigenvalue weighted by Crippen LogP contribution is 2.28. The first-order chi connectivity index (χ1) is 16.7. The summed E-state index contributed by atoms with van der Waals surface area (Å²) in [4.78, 5) is 15.3. The van der Waals surface area contributed by atoms with Gasteiger partial charge in [-0.05, 0) is 52.9 Å². The van der Waals surface area contributed by atoms with Crippen molar-refractivity contribution < 1.29 is 4.79 Å². The maximum absolute atomic E-state index is 13.2. The molecule has 1 atom stereocenters. The summed E-state index contributed by atoms with van der Waals surface area (Å²) >= 11 is 0. The van der Waals surface area contributed by atoms with E-state index in [0.717, 1.165) is 35.7 Å². The molecule has 1 aliphatic rings. The van der Waals surface area contributed by atoms with Crippen molar-refractivity contribution in [2.24, 2.45) is 5.73 Å². The Bertz CT molecular complexity index is 1410. The van der Waals surface area contributed by atoms with E-state index in [2.05, 4.69) is 68.7 Å². The second-order valence-corrected chi connectivity index (χ2v) is 8.67. The van der Waals surface area contributed by atoms with Crippen LogP contribution in [0.5, 0.6) is 0 Å². The van der Waals surface area contributed by atoms with Crippen molar-refractivity contribution in [2.75, 3.05) is 18.0 Å². The van der Waals surface area contributed by atoms with Gasteiger partial charge in [0.1, 0.15) is 0 Å². The first-order valence-electron chi connectivity index (χ1n) is 11.7. The Balaban J connectivity index is 1.43. The molecule has 3 aromatic carbocycles. The zero-order valence-electron chi connectivity index (χ0n) is 19.3. The third-order valence-electron chi connectivity index (χ3n) is 6.38. The highest BCUT2D eigenvalue weighted by atomic mass is 16.2. The molecule has 0 saturated carbocycles. The maximum Gasteiger partial charge on any atom is 0.289 e. The van der Waals surface area contributed by atoms with E-state index in [9.17, 15) is 4.79 Å². The smallest absolute Gasteiger partial charge is 0.289 e. The van der Waals surface area contributed by atoms with Gasteiger partial charge >= 0.3 is 0 Å². The number of carbonyl (C=O) groups excluding carboxylic acids is 1. The van der Waals surface area contributed by atoms with Crippen molar-refractivity contribution in [3.63, 3.8) is 0 Å². The van der Waals surface area contributed by atoms with Gasteiger partial charge in [-0.2, -0.15) is 0 Å². The zero-order chi connectivity index (χ0) is 23.5. The van der Waals surface area contributed by atoms with Crippen molar-refractivity contribution in [1.82, 2.24) is 20.1 Å². The predicted octanol–water partition coefficient (Wildman–Crippen LogP) is 3.47. The van der Waals surface area contributed by atoms with Crippen LogP contribution in [0.3, 0.4) is 0 Å². The van der Waals surface area contributed by atoms with Gasteiger partial charge in [-0.3, -0.25) is 9.36 Å². The van der Waals surface area contributed by atoms with Crippen LogP contribution in [0.1, 0.15) is 35.9 Å². The Morgan fingerprint density at radius 3 is 2.68 bits per heavy atom. The lowest BCUT2D eigenvalue weighted by Crippen LogP contribution is -2.44. The van der Waals surface area contributed by atoms with E-state index >= 15 is 0 Å². The Morgan fingerprint density at radius 2 is 1.88 bits per heavy atom. The molecule has 34 heavy (non-hydrogen) atoms. The van der Waals surface area contributed by atoms with E-state index in [0.29, 0.717) is 25.6 Å². The molecule has 5 rings (SSSR count). The second kappa shape index (κ2) is 9.54. The van der Waals surface area contributed by atoms with Crippen molar-refractivity contribution >= 4 is 33.4 Å².